The van der Waals surface area contributed by atoms with E-state index < -0.39 is 28.3 Å². The second-order valence-corrected chi connectivity index (χ2v) is 7.28. The first kappa shape index (κ1) is 22.5. The van der Waals surface area contributed by atoms with E-state index >= 15 is 0 Å². The summed E-state index contributed by atoms with van der Waals surface area (Å²) < 4.78 is 16.7. The Kier molecular flexibility index (Phi) is 6.24. The van der Waals surface area contributed by atoms with Crippen LogP contribution in [0.1, 0.15) is 12.6 Å². The first-order chi connectivity index (χ1) is 16.3. The monoisotopic (exact) mass is 479 g/mol. The third-order valence-electron chi connectivity index (χ3n) is 4.47. The Balaban J connectivity index is 1.37. The quantitative estimate of drug-likeness (QED) is 0.289. The van der Waals surface area contributed by atoms with Crippen LogP contribution >= 0.6 is 11.6 Å². The van der Waals surface area contributed by atoms with Crippen LogP contribution in [-0.2, 0) is 4.79 Å². The highest BCUT2D eigenvalue weighted by Gasteiger charge is 2.19. The number of nitro groups is 1. The average Bonchev–Trinajstić information content (AvgIpc) is 3.21. The molecule has 34 heavy (non-hydrogen) atoms. The molecule has 0 radical (unpaired) electrons. The van der Waals surface area contributed by atoms with E-state index in [2.05, 4.69) is 15.3 Å². The molecule has 0 aliphatic heterocycles. The lowest BCUT2D eigenvalue weighted by Gasteiger charge is -2.14. The average molecular weight is 480 g/mol. The van der Waals surface area contributed by atoms with Crippen LogP contribution in [0.5, 0.6) is 17.6 Å². The van der Waals surface area contributed by atoms with Crippen molar-refractivity contribution < 1.29 is 23.6 Å². The molecule has 170 valence electrons. The van der Waals surface area contributed by atoms with Crippen molar-refractivity contribution in [3.05, 3.63) is 75.4 Å². The molecule has 0 fully saturated rings. The number of rotatable bonds is 7. The molecule has 11 nitrogen and oxygen atoms in total. The molecule has 0 saturated carbocycles. The lowest BCUT2D eigenvalue weighted by Crippen LogP contribution is -2.30. The fourth-order valence-electron chi connectivity index (χ4n) is 2.84. The van der Waals surface area contributed by atoms with E-state index in [1.54, 1.807) is 48.5 Å². The number of halogens is 1. The van der Waals surface area contributed by atoms with Crippen molar-refractivity contribution in [3.63, 3.8) is 0 Å². The van der Waals surface area contributed by atoms with Gasteiger partial charge >= 0.3 is 11.8 Å². The molecule has 2 heterocycles. The Morgan fingerprint density at radius 1 is 1.18 bits per heavy atom. The number of pyridine rings is 1. The highest BCUT2D eigenvalue weighted by Crippen LogP contribution is 2.28. The van der Waals surface area contributed by atoms with Gasteiger partial charge in [-0.15, -0.1) is 0 Å². The van der Waals surface area contributed by atoms with Crippen LogP contribution in [0, 0.1) is 21.4 Å². The number of nitrogens with zero attached hydrogens (tertiary/aromatic N) is 4. The number of carbonyl (C=O) groups excluding carboxylic acids is 1. The number of amides is 1. The van der Waals surface area contributed by atoms with Crippen LogP contribution in [0.4, 0.5) is 11.5 Å². The van der Waals surface area contributed by atoms with Crippen molar-refractivity contribution in [1.29, 1.82) is 5.26 Å². The Hall–Kier alpha value is -4.69. The van der Waals surface area contributed by atoms with Gasteiger partial charge in [-0.3, -0.25) is 14.9 Å². The molecule has 2 aromatic carbocycles. The van der Waals surface area contributed by atoms with Gasteiger partial charge in [0.2, 0.25) is 5.69 Å². The van der Waals surface area contributed by atoms with Crippen molar-refractivity contribution in [1.82, 2.24) is 9.97 Å². The standard InChI is InChI=1S/C22H14ClN5O6/c1-12(21(29)27-20-9-8-18(28(30)31)17(11-24)25-20)32-14-3-5-15(6-4-14)33-22-26-16-7-2-13(23)10-19(16)34-22/h2-10,12H,1H3,(H,25,27,29). The van der Waals surface area contributed by atoms with Crippen LogP contribution in [0.25, 0.3) is 11.1 Å². The van der Waals surface area contributed by atoms with Gasteiger partial charge in [0.15, 0.2) is 11.7 Å². The van der Waals surface area contributed by atoms with Gasteiger partial charge in [-0.1, -0.05) is 11.6 Å². The fraction of sp³-hybridized carbons (Fsp3) is 0.0909. The van der Waals surface area contributed by atoms with Crippen LogP contribution in [0.2, 0.25) is 5.02 Å². The zero-order valence-corrected chi connectivity index (χ0v) is 18.1. The zero-order chi connectivity index (χ0) is 24.2. The molecule has 0 spiro atoms. The predicted molar refractivity (Wildman–Crippen MR) is 120 cm³/mol. The summed E-state index contributed by atoms with van der Waals surface area (Å²) >= 11 is 5.93. The maximum atomic E-state index is 12.4. The lowest BCUT2D eigenvalue weighted by atomic mass is 10.3. The summed E-state index contributed by atoms with van der Waals surface area (Å²) in [5.74, 6) is 0.247. The molecule has 1 amide bonds. The number of hydrogen-bond donors (Lipinski definition) is 1. The number of anilines is 1. The van der Waals surface area contributed by atoms with Gasteiger partial charge in [0.05, 0.1) is 4.92 Å². The van der Waals surface area contributed by atoms with E-state index in [1.165, 1.54) is 13.0 Å². The third kappa shape index (κ3) is 5.03. The molecule has 0 aliphatic carbocycles. The van der Waals surface area contributed by atoms with Gasteiger partial charge in [0.1, 0.15) is 28.9 Å². The summed E-state index contributed by atoms with van der Waals surface area (Å²) in [6.45, 7) is 1.51. The molecular formula is C22H14ClN5O6. The van der Waals surface area contributed by atoms with Crippen LogP contribution in [0.3, 0.4) is 0 Å². The summed E-state index contributed by atoms with van der Waals surface area (Å²) in [5, 5.41) is 22.9. The van der Waals surface area contributed by atoms with E-state index in [0.717, 1.165) is 6.07 Å². The highest BCUT2D eigenvalue weighted by molar-refractivity contribution is 6.31. The summed E-state index contributed by atoms with van der Waals surface area (Å²) in [7, 11) is 0. The Morgan fingerprint density at radius 2 is 1.91 bits per heavy atom. The van der Waals surface area contributed by atoms with E-state index in [1.807, 2.05) is 0 Å². The Bertz CT molecular complexity index is 1430. The Labute approximate surface area is 196 Å². The number of fused-ring (bicyclic) bond motifs is 1. The third-order valence-corrected chi connectivity index (χ3v) is 4.70. The number of ether oxygens (including phenoxy) is 2. The van der Waals surface area contributed by atoms with Gasteiger partial charge in [0.25, 0.3) is 5.91 Å². The minimum Gasteiger partial charge on any atom is -0.481 e. The molecule has 2 aromatic heterocycles. The molecule has 1 N–H and O–H groups in total. The number of carbonyl (C=O) groups is 1. The molecule has 1 atom stereocenters. The van der Waals surface area contributed by atoms with Crippen LogP contribution in [-0.4, -0.2) is 26.9 Å². The molecule has 12 heteroatoms. The summed E-state index contributed by atoms with van der Waals surface area (Å²) in [6.07, 6.45) is -0.887. The SMILES string of the molecule is CC(Oc1ccc(Oc2nc3ccc(Cl)cc3o2)cc1)C(=O)Nc1ccc([N+](=O)[O-])c(C#N)n1. The summed E-state index contributed by atoms with van der Waals surface area (Å²) in [6, 6.07) is 15.4. The number of nitrogens with one attached hydrogen (secondary N) is 1. The smallest absolute Gasteiger partial charge is 0.400 e. The number of benzene rings is 2. The molecule has 4 aromatic rings. The van der Waals surface area contributed by atoms with E-state index in [4.69, 9.17) is 30.8 Å². The normalized spacial score (nSPS) is 11.4. The van der Waals surface area contributed by atoms with Gasteiger partial charge in [-0.05, 0) is 49.4 Å². The van der Waals surface area contributed by atoms with E-state index in [0.29, 0.717) is 27.6 Å². The molecule has 0 aliphatic rings. The predicted octanol–water partition coefficient (Wildman–Crippen LogP) is 4.85. The molecule has 0 bridgehead atoms. The second-order valence-electron chi connectivity index (χ2n) is 6.85. The van der Waals surface area contributed by atoms with Crippen molar-refractivity contribution in [2.24, 2.45) is 0 Å². The minimum atomic E-state index is -0.934. The summed E-state index contributed by atoms with van der Waals surface area (Å²) in [4.78, 5) is 30.6. The van der Waals surface area contributed by atoms with Gasteiger partial charge < -0.3 is 19.2 Å². The topological polar surface area (TPSA) is 153 Å². The zero-order valence-electron chi connectivity index (χ0n) is 17.4. The van der Waals surface area contributed by atoms with Crippen molar-refractivity contribution in [2.45, 2.75) is 13.0 Å². The van der Waals surface area contributed by atoms with Crippen molar-refractivity contribution in [2.75, 3.05) is 5.32 Å². The highest BCUT2D eigenvalue weighted by atomic mass is 35.5. The maximum absolute atomic E-state index is 12.4. The molecule has 1 unspecified atom stereocenters. The lowest BCUT2D eigenvalue weighted by molar-refractivity contribution is -0.385. The number of nitriles is 1. The van der Waals surface area contributed by atoms with Gasteiger partial charge in [-0.2, -0.15) is 10.2 Å². The summed E-state index contributed by atoms with van der Waals surface area (Å²) in [5.41, 5.74) is 0.234. The number of aromatic nitrogens is 2. The maximum Gasteiger partial charge on any atom is 0.400 e. The van der Waals surface area contributed by atoms with Crippen LogP contribution < -0.4 is 14.8 Å². The first-order valence-electron chi connectivity index (χ1n) is 9.69. The number of oxazole rings is 1. The van der Waals surface area contributed by atoms with E-state index in [-0.39, 0.29) is 11.9 Å². The molecule has 4 rings (SSSR count). The second kappa shape index (κ2) is 9.43. The Morgan fingerprint density at radius 3 is 2.62 bits per heavy atom. The van der Waals surface area contributed by atoms with Gasteiger partial charge in [0, 0.05) is 17.2 Å². The van der Waals surface area contributed by atoms with Crippen molar-refractivity contribution >= 4 is 40.1 Å². The first-order valence-corrected chi connectivity index (χ1v) is 10.1. The largest absolute Gasteiger partial charge is 0.481 e. The van der Waals surface area contributed by atoms with Crippen molar-refractivity contribution in [3.8, 4) is 23.6 Å². The minimum absolute atomic E-state index is 0.00836. The van der Waals surface area contributed by atoms with E-state index in [9.17, 15) is 14.9 Å². The molecule has 0 saturated heterocycles. The molecular weight excluding hydrogens is 466 g/mol. The fourth-order valence-corrected chi connectivity index (χ4v) is 3.01. The van der Waals surface area contributed by atoms with Gasteiger partial charge in [-0.25, -0.2) is 4.98 Å². The number of hydrogen-bond acceptors (Lipinski definition) is 9. The van der Waals surface area contributed by atoms with Crippen LogP contribution in [0.15, 0.2) is 59.0 Å².